The van der Waals surface area contributed by atoms with Gasteiger partial charge in [0.25, 0.3) is 0 Å². The molecule has 100 valence electrons. The van der Waals surface area contributed by atoms with E-state index in [1.165, 1.54) is 0 Å². The maximum atomic E-state index is 6.26. The van der Waals surface area contributed by atoms with Gasteiger partial charge in [-0.25, -0.2) is 0 Å². The summed E-state index contributed by atoms with van der Waals surface area (Å²) in [6, 6.07) is 17.7. The van der Waals surface area contributed by atoms with E-state index in [0.29, 0.717) is 11.6 Å². The second kappa shape index (κ2) is 5.51. The van der Waals surface area contributed by atoms with Gasteiger partial charge < -0.3 is 4.74 Å². The Bertz CT molecular complexity index is 741. The molecule has 0 fully saturated rings. The first kappa shape index (κ1) is 12.9. The van der Waals surface area contributed by atoms with E-state index < -0.39 is 0 Å². The standard InChI is InChI=1S/C17H14ClNO/c1-12-9-16(18)15-10-14(7-8-17(15)19-12)20-11-13-5-3-2-4-6-13/h2-10H,11H2,1H3. The third-order valence-corrected chi connectivity index (χ3v) is 3.42. The van der Waals surface area contributed by atoms with Crippen molar-refractivity contribution in [3.63, 3.8) is 0 Å². The molecule has 0 aliphatic carbocycles. The van der Waals surface area contributed by atoms with Gasteiger partial charge in [0.2, 0.25) is 0 Å². The first-order valence-corrected chi connectivity index (χ1v) is 6.84. The Kier molecular flexibility index (Phi) is 3.57. The van der Waals surface area contributed by atoms with Gasteiger partial charge in [-0.3, -0.25) is 4.98 Å². The number of halogens is 1. The molecule has 0 saturated heterocycles. The highest BCUT2D eigenvalue weighted by Crippen LogP contribution is 2.27. The highest BCUT2D eigenvalue weighted by atomic mass is 35.5. The van der Waals surface area contributed by atoms with Crippen LogP contribution in [0.15, 0.2) is 54.6 Å². The molecule has 0 amide bonds. The fraction of sp³-hybridized carbons (Fsp3) is 0.118. The van der Waals surface area contributed by atoms with E-state index in [2.05, 4.69) is 4.98 Å². The van der Waals surface area contributed by atoms with E-state index in [1.54, 1.807) is 0 Å². The summed E-state index contributed by atoms with van der Waals surface area (Å²) < 4.78 is 5.80. The Morgan fingerprint density at radius 1 is 1.05 bits per heavy atom. The second-order valence-electron chi connectivity index (χ2n) is 4.70. The number of fused-ring (bicyclic) bond motifs is 1. The third-order valence-electron chi connectivity index (χ3n) is 3.11. The minimum Gasteiger partial charge on any atom is -0.489 e. The summed E-state index contributed by atoms with van der Waals surface area (Å²) in [6.45, 7) is 2.48. The average Bonchev–Trinajstić information content (AvgIpc) is 2.46. The molecule has 0 bridgehead atoms. The van der Waals surface area contributed by atoms with Crippen molar-refractivity contribution in [2.75, 3.05) is 0 Å². The number of aromatic nitrogens is 1. The Morgan fingerprint density at radius 3 is 2.65 bits per heavy atom. The van der Waals surface area contributed by atoms with Crippen molar-refractivity contribution in [2.45, 2.75) is 13.5 Å². The van der Waals surface area contributed by atoms with Crippen LogP contribution in [0.25, 0.3) is 10.9 Å². The summed E-state index contributed by atoms with van der Waals surface area (Å²) >= 11 is 6.26. The highest BCUT2D eigenvalue weighted by Gasteiger charge is 2.04. The van der Waals surface area contributed by atoms with Crippen LogP contribution in [0, 0.1) is 6.92 Å². The van der Waals surface area contributed by atoms with Crippen LogP contribution in [0.5, 0.6) is 5.75 Å². The number of hydrogen-bond donors (Lipinski definition) is 0. The summed E-state index contributed by atoms with van der Waals surface area (Å²) in [4.78, 5) is 4.46. The van der Waals surface area contributed by atoms with Gasteiger partial charge in [0.05, 0.1) is 10.5 Å². The van der Waals surface area contributed by atoms with E-state index in [4.69, 9.17) is 16.3 Å². The predicted molar refractivity (Wildman–Crippen MR) is 82.3 cm³/mol. The monoisotopic (exact) mass is 283 g/mol. The number of hydrogen-bond acceptors (Lipinski definition) is 2. The summed E-state index contributed by atoms with van der Waals surface area (Å²) in [5, 5.41) is 1.63. The normalized spacial score (nSPS) is 10.7. The lowest BCUT2D eigenvalue weighted by atomic mass is 10.2. The first-order valence-electron chi connectivity index (χ1n) is 6.46. The lowest BCUT2D eigenvalue weighted by Gasteiger charge is -2.08. The van der Waals surface area contributed by atoms with Gasteiger partial charge in [-0.05, 0) is 36.8 Å². The van der Waals surface area contributed by atoms with Crippen LogP contribution in [0.3, 0.4) is 0 Å². The molecule has 2 aromatic carbocycles. The number of benzene rings is 2. The topological polar surface area (TPSA) is 22.1 Å². The zero-order chi connectivity index (χ0) is 13.9. The Hall–Kier alpha value is -2.06. The average molecular weight is 284 g/mol. The molecular formula is C17H14ClNO. The Morgan fingerprint density at radius 2 is 1.85 bits per heavy atom. The van der Waals surface area contributed by atoms with Crippen LogP contribution in [-0.4, -0.2) is 4.98 Å². The molecule has 0 saturated carbocycles. The fourth-order valence-corrected chi connectivity index (χ4v) is 2.43. The van der Waals surface area contributed by atoms with Gasteiger partial charge in [-0.15, -0.1) is 0 Å². The zero-order valence-corrected chi connectivity index (χ0v) is 11.9. The summed E-state index contributed by atoms with van der Waals surface area (Å²) in [7, 11) is 0. The van der Waals surface area contributed by atoms with Crippen LogP contribution in [-0.2, 0) is 6.61 Å². The van der Waals surface area contributed by atoms with Crippen LogP contribution >= 0.6 is 11.6 Å². The van der Waals surface area contributed by atoms with Crippen molar-refractivity contribution >= 4 is 22.5 Å². The number of pyridine rings is 1. The zero-order valence-electron chi connectivity index (χ0n) is 11.1. The summed E-state index contributed by atoms with van der Waals surface area (Å²) in [6.07, 6.45) is 0. The molecule has 0 aliphatic heterocycles. The van der Waals surface area contributed by atoms with Crippen molar-refractivity contribution in [1.82, 2.24) is 4.98 Å². The lowest BCUT2D eigenvalue weighted by Crippen LogP contribution is -1.95. The van der Waals surface area contributed by atoms with Gasteiger partial charge in [-0.2, -0.15) is 0 Å². The molecule has 0 radical (unpaired) electrons. The largest absolute Gasteiger partial charge is 0.489 e. The van der Waals surface area contributed by atoms with E-state index in [-0.39, 0.29) is 0 Å². The van der Waals surface area contributed by atoms with Gasteiger partial charge in [-0.1, -0.05) is 41.9 Å². The van der Waals surface area contributed by atoms with Gasteiger partial charge in [0.15, 0.2) is 0 Å². The summed E-state index contributed by atoms with van der Waals surface area (Å²) in [5.74, 6) is 0.800. The molecule has 0 unspecified atom stereocenters. The molecule has 3 heteroatoms. The molecule has 0 atom stereocenters. The molecule has 20 heavy (non-hydrogen) atoms. The molecule has 0 spiro atoms. The molecule has 3 aromatic rings. The van der Waals surface area contributed by atoms with Crippen LogP contribution < -0.4 is 4.74 Å². The lowest BCUT2D eigenvalue weighted by molar-refractivity contribution is 0.306. The predicted octanol–water partition coefficient (Wildman–Crippen LogP) is 4.78. The van der Waals surface area contributed by atoms with Crippen molar-refractivity contribution in [1.29, 1.82) is 0 Å². The molecule has 0 aliphatic rings. The number of aryl methyl sites for hydroxylation is 1. The minimum atomic E-state index is 0.545. The first-order chi connectivity index (χ1) is 9.72. The SMILES string of the molecule is Cc1cc(Cl)c2cc(OCc3ccccc3)ccc2n1. The smallest absolute Gasteiger partial charge is 0.120 e. The van der Waals surface area contributed by atoms with Crippen LogP contribution in [0.2, 0.25) is 5.02 Å². The molecule has 0 N–H and O–H groups in total. The van der Waals surface area contributed by atoms with E-state index in [1.807, 2.05) is 61.5 Å². The number of rotatable bonds is 3. The van der Waals surface area contributed by atoms with Crippen LogP contribution in [0.1, 0.15) is 11.3 Å². The maximum absolute atomic E-state index is 6.26. The molecule has 2 nitrogen and oxygen atoms in total. The maximum Gasteiger partial charge on any atom is 0.120 e. The minimum absolute atomic E-state index is 0.545. The van der Waals surface area contributed by atoms with E-state index in [0.717, 1.165) is 27.9 Å². The summed E-state index contributed by atoms with van der Waals surface area (Å²) in [5.41, 5.74) is 2.95. The highest BCUT2D eigenvalue weighted by molar-refractivity contribution is 6.35. The number of ether oxygens (including phenoxy) is 1. The third kappa shape index (κ3) is 2.75. The van der Waals surface area contributed by atoms with E-state index in [9.17, 15) is 0 Å². The van der Waals surface area contributed by atoms with Crippen molar-refractivity contribution < 1.29 is 4.74 Å². The van der Waals surface area contributed by atoms with Crippen LogP contribution in [0.4, 0.5) is 0 Å². The Balaban J connectivity index is 1.86. The fourth-order valence-electron chi connectivity index (χ4n) is 2.12. The Labute approximate surface area is 123 Å². The van der Waals surface area contributed by atoms with Crippen molar-refractivity contribution in [3.05, 3.63) is 70.9 Å². The van der Waals surface area contributed by atoms with Crippen molar-refractivity contribution in [3.8, 4) is 5.75 Å². The van der Waals surface area contributed by atoms with Gasteiger partial charge in [0, 0.05) is 11.1 Å². The molecule has 1 heterocycles. The number of nitrogens with zero attached hydrogens (tertiary/aromatic N) is 1. The second-order valence-corrected chi connectivity index (χ2v) is 5.11. The van der Waals surface area contributed by atoms with Gasteiger partial charge >= 0.3 is 0 Å². The van der Waals surface area contributed by atoms with E-state index >= 15 is 0 Å². The quantitative estimate of drug-likeness (QED) is 0.690. The van der Waals surface area contributed by atoms with Crippen molar-refractivity contribution in [2.24, 2.45) is 0 Å². The molecular weight excluding hydrogens is 270 g/mol. The molecule has 1 aromatic heterocycles. The van der Waals surface area contributed by atoms with Gasteiger partial charge in [0.1, 0.15) is 12.4 Å². The molecule has 3 rings (SSSR count).